The first-order valence-electron chi connectivity index (χ1n) is 8.66. The normalized spacial score (nSPS) is 25.0. The van der Waals surface area contributed by atoms with E-state index in [1.807, 2.05) is 17.0 Å². The van der Waals surface area contributed by atoms with Crippen LogP contribution in [0.4, 0.5) is 5.95 Å². The largest absolute Gasteiger partial charge is 0.393 e. The van der Waals surface area contributed by atoms with Crippen LogP contribution in [0.5, 0.6) is 0 Å². The molecular formula is C18H21N5O2. The Bertz CT molecular complexity index is 723. The zero-order chi connectivity index (χ0) is 17.2. The Balaban J connectivity index is 1.41. The van der Waals surface area contributed by atoms with Crippen LogP contribution in [0.1, 0.15) is 41.6 Å². The third-order valence-electron chi connectivity index (χ3n) is 5.01. The second kappa shape index (κ2) is 6.76. The van der Waals surface area contributed by atoms with Gasteiger partial charge in [-0.2, -0.15) is 0 Å². The van der Waals surface area contributed by atoms with Crippen molar-refractivity contribution in [3.8, 4) is 0 Å². The molecule has 2 fully saturated rings. The van der Waals surface area contributed by atoms with E-state index in [2.05, 4.69) is 20.3 Å². The summed E-state index contributed by atoms with van der Waals surface area (Å²) < 4.78 is 0. The Labute approximate surface area is 146 Å². The fourth-order valence-corrected chi connectivity index (χ4v) is 3.84. The number of piperidine rings is 1. The van der Waals surface area contributed by atoms with E-state index in [9.17, 15) is 9.90 Å². The monoisotopic (exact) mass is 339 g/mol. The highest BCUT2D eigenvalue weighted by atomic mass is 16.3. The van der Waals surface area contributed by atoms with Gasteiger partial charge in [0.05, 0.1) is 11.7 Å². The minimum atomic E-state index is -0.281. The van der Waals surface area contributed by atoms with Gasteiger partial charge in [0.15, 0.2) is 0 Å². The molecule has 2 bridgehead atoms. The number of amides is 1. The van der Waals surface area contributed by atoms with E-state index >= 15 is 0 Å². The van der Waals surface area contributed by atoms with Crippen molar-refractivity contribution in [3.63, 3.8) is 0 Å². The maximum absolute atomic E-state index is 12.8. The van der Waals surface area contributed by atoms with Gasteiger partial charge < -0.3 is 15.3 Å². The fraction of sp³-hybridized carbons (Fsp3) is 0.444. The van der Waals surface area contributed by atoms with Crippen molar-refractivity contribution in [3.05, 3.63) is 48.0 Å². The predicted octanol–water partition coefficient (Wildman–Crippen LogP) is 1.61. The van der Waals surface area contributed by atoms with Gasteiger partial charge in [0.1, 0.15) is 0 Å². The number of aromatic nitrogens is 3. The molecule has 2 aliphatic rings. The summed E-state index contributed by atoms with van der Waals surface area (Å²) in [5.41, 5.74) is 1.54. The van der Waals surface area contributed by atoms with Crippen molar-refractivity contribution >= 4 is 11.9 Å². The number of hydrogen-bond donors (Lipinski definition) is 2. The van der Waals surface area contributed by atoms with Gasteiger partial charge >= 0.3 is 0 Å². The molecule has 130 valence electrons. The van der Waals surface area contributed by atoms with Crippen LogP contribution in [0.25, 0.3) is 0 Å². The smallest absolute Gasteiger partial charge is 0.257 e. The predicted molar refractivity (Wildman–Crippen MR) is 91.8 cm³/mol. The number of nitrogens with zero attached hydrogens (tertiary/aromatic N) is 4. The second-order valence-electron chi connectivity index (χ2n) is 6.73. The van der Waals surface area contributed by atoms with Crippen LogP contribution in [0.2, 0.25) is 0 Å². The molecule has 7 nitrogen and oxygen atoms in total. The molecule has 2 aromatic heterocycles. The summed E-state index contributed by atoms with van der Waals surface area (Å²) in [5.74, 6) is 0.454. The second-order valence-corrected chi connectivity index (χ2v) is 6.73. The Morgan fingerprint density at radius 3 is 2.56 bits per heavy atom. The van der Waals surface area contributed by atoms with Gasteiger partial charge in [-0.05, 0) is 37.3 Å². The van der Waals surface area contributed by atoms with Gasteiger partial charge in [0, 0.05) is 43.4 Å². The molecule has 4 rings (SSSR count). The summed E-state index contributed by atoms with van der Waals surface area (Å²) in [5, 5.41) is 13.0. The van der Waals surface area contributed by atoms with E-state index in [0.29, 0.717) is 30.9 Å². The SMILES string of the molecule is O=C(c1cnc(NCc2cccnc2)nc1)N1[C@@H]2CC[C@H]1CC(O)C2. The van der Waals surface area contributed by atoms with E-state index in [1.54, 1.807) is 24.8 Å². The zero-order valence-electron chi connectivity index (χ0n) is 13.9. The lowest BCUT2D eigenvalue weighted by Gasteiger charge is -2.37. The van der Waals surface area contributed by atoms with Crippen LogP contribution in [0.3, 0.4) is 0 Å². The first-order valence-corrected chi connectivity index (χ1v) is 8.66. The van der Waals surface area contributed by atoms with Gasteiger partial charge in [-0.1, -0.05) is 6.07 Å². The molecule has 1 unspecified atom stereocenters. The molecule has 0 aliphatic carbocycles. The molecule has 2 N–H and O–H groups in total. The number of rotatable bonds is 4. The zero-order valence-corrected chi connectivity index (χ0v) is 13.9. The lowest BCUT2D eigenvalue weighted by molar-refractivity contribution is 0.0286. The number of carbonyl (C=O) groups is 1. The molecule has 0 saturated carbocycles. The number of aliphatic hydroxyl groups excluding tert-OH is 1. The number of fused-ring (bicyclic) bond motifs is 2. The maximum Gasteiger partial charge on any atom is 0.257 e. The van der Waals surface area contributed by atoms with Crippen LogP contribution in [-0.2, 0) is 6.54 Å². The lowest BCUT2D eigenvalue weighted by atomic mass is 9.99. The Kier molecular flexibility index (Phi) is 4.31. The van der Waals surface area contributed by atoms with Crippen molar-refractivity contribution < 1.29 is 9.90 Å². The number of aliphatic hydroxyl groups is 1. The lowest BCUT2D eigenvalue weighted by Crippen LogP contribution is -2.48. The van der Waals surface area contributed by atoms with E-state index < -0.39 is 0 Å². The van der Waals surface area contributed by atoms with Gasteiger partial charge in [-0.25, -0.2) is 9.97 Å². The summed E-state index contributed by atoms with van der Waals surface area (Å²) in [6.45, 7) is 0.579. The van der Waals surface area contributed by atoms with Crippen LogP contribution < -0.4 is 5.32 Å². The molecular weight excluding hydrogens is 318 g/mol. The van der Waals surface area contributed by atoms with Gasteiger partial charge in [-0.15, -0.1) is 0 Å². The van der Waals surface area contributed by atoms with E-state index in [-0.39, 0.29) is 24.1 Å². The van der Waals surface area contributed by atoms with Crippen LogP contribution >= 0.6 is 0 Å². The molecule has 2 aromatic rings. The van der Waals surface area contributed by atoms with Gasteiger partial charge in [-0.3, -0.25) is 9.78 Å². The third-order valence-corrected chi connectivity index (χ3v) is 5.01. The first-order chi connectivity index (χ1) is 12.2. The Morgan fingerprint density at radius 2 is 1.92 bits per heavy atom. The highest BCUT2D eigenvalue weighted by Crippen LogP contribution is 2.36. The van der Waals surface area contributed by atoms with E-state index in [4.69, 9.17) is 0 Å². The highest BCUT2D eigenvalue weighted by Gasteiger charge is 2.43. The maximum atomic E-state index is 12.8. The molecule has 7 heteroatoms. The third kappa shape index (κ3) is 3.32. The van der Waals surface area contributed by atoms with Crippen molar-refractivity contribution in [2.75, 3.05) is 5.32 Å². The van der Waals surface area contributed by atoms with Gasteiger partial charge in [0.2, 0.25) is 5.95 Å². The fourth-order valence-electron chi connectivity index (χ4n) is 3.84. The topological polar surface area (TPSA) is 91.2 Å². The minimum absolute atomic E-state index is 0.0294. The molecule has 2 saturated heterocycles. The Morgan fingerprint density at radius 1 is 1.20 bits per heavy atom. The molecule has 1 amide bonds. The molecule has 3 atom stereocenters. The summed E-state index contributed by atoms with van der Waals surface area (Å²) in [6, 6.07) is 4.14. The minimum Gasteiger partial charge on any atom is -0.393 e. The van der Waals surface area contributed by atoms with Crippen LogP contribution in [0.15, 0.2) is 36.9 Å². The molecule has 2 aliphatic heterocycles. The summed E-state index contributed by atoms with van der Waals surface area (Å²) in [6.07, 6.45) is 9.67. The quantitative estimate of drug-likeness (QED) is 0.879. The van der Waals surface area contributed by atoms with Crippen molar-refractivity contribution in [1.82, 2.24) is 19.9 Å². The van der Waals surface area contributed by atoms with Crippen LogP contribution in [-0.4, -0.2) is 49.1 Å². The van der Waals surface area contributed by atoms with Crippen LogP contribution in [0, 0.1) is 0 Å². The first kappa shape index (κ1) is 16.0. The molecule has 4 heterocycles. The number of nitrogens with one attached hydrogen (secondary N) is 1. The number of carbonyl (C=O) groups excluding carboxylic acids is 1. The summed E-state index contributed by atoms with van der Waals surface area (Å²) >= 11 is 0. The number of pyridine rings is 1. The van der Waals surface area contributed by atoms with Crippen molar-refractivity contribution in [2.45, 2.75) is 50.4 Å². The number of anilines is 1. The van der Waals surface area contributed by atoms with Crippen molar-refractivity contribution in [1.29, 1.82) is 0 Å². The Hall–Kier alpha value is -2.54. The molecule has 0 spiro atoms. The molecule has 0 radical (unpaired) electrons. The van der Waals surface area contributed by atoms with E-state index in [1.165, 1.54) is 0 Å². The number of hydrogen-bond acceptors (Lipinski definition) is 6. The molecule has 0 aromatic carbocycles. The summed E-state index contributed by atoms with van der Waals surface area (Å²) in [4.78, 5) is 27.3. The average Bonchev–Trinajstić information content (AvgIpc) is 2.92. The van der Waals surface area contributed by atoms with E-state index in [0.717, 1.165) is 18.4 Å². The summed E-state index contributed by atoms with van der Waals surface area (Å²) in [7, 11) is 0. The van der Waals surface area contributed by atoms with Crippen molar-refractivity contribution in [2.24, 2.45) is 0 Å². The highest BCUT2D eigenvalue weighted by molar-refractivity contribution is 5.94. The standard InChI is InChI=1S/C18H21N5O2/c24-16-6-14-3-4-15(7-16)23(14)17(25)13-10-21-18(22-11-13)20-9-12-2-1-5-19-8-12/h1-2,5,8,10-11,14-16,24H,3-4,6-7,9H2,(H,20,21,22)/t14-,15+,16?. The van der Waals surface area contributed by atoms with Gasteiger partial charge in [0.25, 0.3) is 5.91 Å². The average molecular weight is 339 g/mol. The molecule has 25 heavy (non-hydrogen) atoms.